The first-order valence-electron chi connectivity index (χ1n) is 9.66. The molecular weight excluding hydrogens is 397 g/mol. The smallest absolute Gasteiger partial charge is 0.237 e. The van der Waals surface area contributed by atoms with E-state index in [-0.39, 0.29) is 23.6 Å². The largest absolute Gasteiger partial charge is 0.325 e. The molecule has 3 rings (SSSR count). The molecule has 1 aliphatic heterocycles. The summed E-state index contributed by atoms with van der Waals surface area (Å²) in [4.78, 5) is 16.8. The van der Waals surface area contributed by atoms with Gasteiger partial charge in [0.1, 0.15) is 11.2 Å². The highest BCUT2D eigenvalue weighted by Gasteiger charge is 2.31. The lowest BCUT2D eigenvalue weighted by molar-refractivity contribution is -0.132. The zero-order valence-corrected chi connectivity index (χ0v) is 17.4. The molecule has 0 N–H and O–H groups in total. The van der Waals surface area contributed by atoms with E-state index >= 15 is 0 Å². The summed E-state index contributed by atoms with van der Waals surface area (Å²) < 4.78 is 40.0. The molecule has 1 heterocycles. The second kappa shape index (κ2) is 9.67. The van der Waals surface area contributed by atoms with Crippen LogP contribution >= 0.6 is 11.8 Å². The summed E-state index contributed by atoms with van der Waals surface area (Å²) in [6.45, 7) is 5.95. The van der Waals surface area contributed by atoms with Gasteiger partial charge in [-0.15, -0.1) is 11.8 Å². The number of thioether (sulfide) groups is 1. The van der Waals surface area contributed by atoms with Crippen LogP contribution in [0.3, 0.4) is 0 Å². The van der Waals surface area contributed by atoms with Gasteiger partial charge in [-0.2, -0.15) is 0 Å². The summed E-state index contributed by atoms with van der Waals surface area (Å²) in [6, 6.07) is 10.1. The Bertz CT molecular complexity index is 844. The first-order valence-corrected chi connectivity index (χ1v) is 10.7. The lowest BCUT2D eigenvalue weighted by Gasteiger charge is -2.29. The number of halogens is 3. The van der Waals surface area contributed by atoms with Gasteiger partial charge < -0.3 is 4.90 Å². The Kier molecular flexibility index (Phi) is 7.24. The lowest BCUT2D eigenvalue weighted by atomic mass is 10.1. The second-order valence-electron chi connectivity index (χ2n) is 7.67. The van der Waals surface area contributed by atoms with Gasteiger partial charge >= 0.3 is 0 Å². The van der Waals surface area contributed by atoms with Crippen LogP contribution in [-0.2, 0) is 11.3 Å². The van der Waals surface area contributed by atoms with E-state index in [0.717, 1.165) is 17.4 Å². The van der Waals surface area contributed by atoms with Crippen molar-refractivity contribution < 1.29 is 18.0 Å². The maximum absolute atomic E-state index is 13.6. The van der Waals surface area contributed by atoms with Crippen molar-refractivity contribution in [2.24, 2.45) is 5.92 Å². The topological polar surface area (TPSA) is 23.6 Å². The molecular formula is C22H25F3N2OS. The van der Waals surface area contributed by atoms with Crippen LogP contribution in [0.15, 0.2) is 42.5 Å². The summed E-state index contributed by atoms with van der Waals surface area (Å²) in [7, 11) is 0. The number of carbonyl (C=O) groups is 1. The van der Waals surface area contributed by atoms with Crippen molar-refractivity contribution in [3.05, 3.63) is 71.0 Å². The fraction of sp³-hybridized carbons (Fsp3) is 0.409. The molecule has 1 aliphatic rings. The van der Waals surface area contributed by atoms with E-state index in [1.165, 1.54) is 18.2 Å². The van der Waals surface area contributed by atoms with Crippen LogP contribution in [0.5, 0.6) is 0 Å². The summed E-state index contributed by atoms with van der Waals surface area (Å²) in [5.74, 6) is -0.950. The SMILES string of the molecule is CC(C)CN(CC(=O)N1CCS[C@@H]1c1ccc(F)cc1)Cc1ccc(F)c(F)c1. The summed E-state index contributed by atoms with van der Waals surface area (Å²) in [6.07, 6.45) is 0. The number of hydrogen-bond acceptors (Lipinski definition) is 3. The number of amides is 1. The van der Waals surface area contributed by atoms with Gasteiger partial charge in [0.15, 0.2) is 11.6 Å². The van der Waals surface area contributed by atoms with Crippen LogP contribution in [-0.4, -0.2) is 41.1 Å². The van der Waals surface area contributed by atoms with Crippen molar-refractivity contribution in [3.8, 4) is 0 Å². The zero-order valence-electron chi connectivity index (χ0n) is 16.6. The third-order valence-electron chi connectivity index (χ3n) is 4.74. The Labute approximate surface area is 173 Å². The average molecular weight is 423 g/mol. The van der Waals surface area contributed by atoms with E-state index in [1.54, 1.807) is 30.0 Å². The van der Waals surface area contributed by atoms with Crippen molar-refractivity contribution in [3.63, 3.8) is 0 Å². The molecule has 156 valence electrons. The van der Waals surface area contributed by atoms with E-state index in [1.807, 2.05) is 9.80 Å². The Hall–Kier alpha value is -1.99. The van der Waals surface area contributed by atoms with Gasteiger partial charge in [-0.3, -0.25) is 9.69 Å². The highest BCUT2D eigenvalue weighted by molar-refractivity contribution is 7.99. The van der Waals surface area contributed by atoms with Crippen LogP contribution < -0.4 is 0 Å². The van der Waals surface area contributed by atoms with Crippen molar-refractivity contribution >= 4 is 17.7 Å². The van der Waals surface area contributed by atoms with Gasteiger partial charge in [0.25, 0.3) is 0 Å². The minimum atomic E-state index is -0.884. The van der Waals surface area contributed by atoms with Crippen LogP contribution in [0.2, 0.25) is 0 Å². The van der Waals surface area contributed by atoms with Gasteiger partial charge in [-0.1, -0.05) is 32.0 Å². The fourth-order valence-electron chi connectivity index (χ4n) is 3.51. The number of benzene rings is 2. The average Bonchev–Trinajstić information content (AvgIpc) is 3.15. The summed E-state index contributed by atoms with van der Waals surface area (Å²) in [5.41, 5.74) is 1.53. The number of hydrogen-bond donors (Lipinski definition) is 0. The van der Waals surface area contributed by atoms with E-state index in [9.17, 15) is 18.0 Å². The number of rotatable bonds is 7. The number of nitrogens with zero attached hydrogens (tertiary/aromatic N) is 2. The molecule has 0 unspecified atom stereocenters. The molecule has 1 fully saturated rings. The van der Waals surface area contributed by atoms with Crippen LogP contribution in [0.1, 0.15) is 30.3 Å². The molecule has 0 bridgehead atoms. The van der Waals surface area contributed by atoms with Gasteiger partial charge in [0.05, 0.1) is 6.54 Å². The van der Waals surface area contributed by atoms with Crippen LogP contribution in [0.25, 0.3) is 0 Å². The molecule has 0 spiro atoms. The Morgan fingerprint density at radius 1 is 1.14 bits per heavy atom. The van der Waals surface area contributed by atoms with Crippen molar-refractivity contribution in [1.29, 1.82) is 0 Å². The first-order chi connectivity index (χ1) is 13.8. The minimum Gasteiger partial charge on any atom is -0.325 e. The van der Waals surface area contributed by atoms with E-state index in [4.69, 9.17) is 0 Å². The normalized spacial score (nSPS) is 16.8. The molecule has 0 saturated carbocycles. The summed E-state index contributed by atoms with van der Waals surface area (Å²) >= 11 is 1.66. The molecule has 2 aromatic carbocycles. The number of carbonyl (C=O) groups excluding carboxylic acids is 1. The third kappa shape index (κ3) is 5.76. The van der Waals surface area contributed by atoms with Gasteiger partial charge in [0.2, 0.25) is 5.91 Å². The highest BCUT2D eigenvalue weighted by Crippen LogP contribution is 2.38. The van der Waals surface area contributed by atoms with Crippen molar-refractivity contribution in [2.45, 2.75) is 25.8 Å². The van der Waals surface area contributed by atoms with Gasteiger partial charge in [-0.05, 0) is 41.3 Å². The Morgan fingerprint density at radius 2 is 1.86 bits per heavy atom. The van der Waals surface area contributed by atoms with Crippen molar-refractivity contribution in [1.82, 2.24) is 9.80 Å². The maximum Gasteiger partial charge on any atom is 0.237 e. The van der Waals surface area contributed by atoms with E-state index in [2.05, 4.69) is 13.8 Å². The molecule has 1 amide bonds. The quantitative estimate of drug-likeness (QED) is 0.638. The summed E-state index contributed by atoms with van der Waals surface area (Å²) in [5, 5.41) is -0.132. The third-order valence-corrected chi connectivity index (χ3v) is 6.00. The molecule has 0 aliphatic carbocycles. The van der Waals surface area contributed by atoms with E-state index in [0.29, 0.717) is 31.1 Å². The zero-order chi connectivity index (χ0) is 21.0. The van der Waals surface area contributed by atoms with Crippen LogP contribution in [0, 0.1) is 23.4 Å². The molecule has 3 nitrogen and oxygen atoms in total. The van der Waals surface area contributed by atoms with Crippen LogP contribution in [0.4, 0.5) is 13.2 Å². The molecule has 29 heavy (non-hydrogen) atoms. The Balaban J connectivity index is 1.71. The first kappa shape index (κ1) is 21.7. The molecule has 2 aromatic rings. The maximum atomic E-state index is 13.6. The van der Waals surface area contributed by atoms with E-state index < -0.39 is 11.6 Å². The predicted molar refractivity (Wildman–Crippen MR) is 110 cm³/mol. The molecule has 0 aromatic heterocycles. The predicted octanol–water partition coefficient (Wildman–Crippen LogP) is 4.84. The molecule has 1 atom stereocenters. The highest BCUT2D eigenvalue weighted by atomic mass is 32.2. The minimum absolute atomic E-state index is 0.0208. The molecule has 0 radical (unpaired) electrons. The standard InChI is InChI=1S/C22H25F3N2OS/c1-15(2)12-26(13-16-3-8-19(24)20(25)11-16)14-21(28)27-9-10-29-22(27)17-4-6-18(23)7-5-17/h3-8,11,15,22H,9-10,12-14H2,1-2H3/t22-/m1/s1. The molecule has 7 heteroatoms. The monoisotopic (exact) mass is 422 g/mol. The Morgan fingerprint density at radius 3 is 2.52 bits per heavy atom. The molecule has 1 saturated heterocycles. The van der Waals surface area contributed by atoms with Gasteiger partial charge in [-0.25, -0.2) is 13.2 Å². The van der Waals surface area contributed by atoms with Crippen molar-refractivity contribution in [2.75, 3.05) is 25.4 Å². The lowest BCUT2D eigenvalue weighted by Crippen LogP contribution is -2.41. The van der Waals surface area contributed by atoms with Gasteiger partial charge in [0, 0.05) is 25.4 Å². The second-order valence-corrected chi connectivity index (χ2v) is 8.86. The fourth-order valence-corrected chi connectivity index (χ4v) is 4.79.